The first-order valence-corrected chi connectivity index (χ1v) is 8.18. The standard InChI is InChI=1S/C18H25NO4/c1-12-5-3-4-6-15(12)16(11-18(21)22)19-17(20)10-9-14-8-7-13(2)23-14/h3-6,13-14,16H,7-11H2,1-2H3,(H,19,20)(H,21,22)/t13-,14-,16+/m1/s1. The molecule has 0 radical (unpaired) electrons. The summed E-state index contributed by atoms with van der Waals surface area (Å²) < 4.78 is 5.71. The Labute approximate surface area is 137 Å². The van der Waals surface area contributed by atoms with E-state index in [1.165, 1.54) is 0 Å². The van der Waals surface area contributed by atoms with Crippen LogP contribution in [0, 0.1) is 6.92 Å². The smallest absolute Gasteiger partial charge is 0.305 e. The summed E-state index contributed by atoms with van der Waals surface area (Å²) in [6.07, 6.45) is 3.38. The zero-order valence-corrected chi connectivity index (χ0v) is 13.7. The lowest BCUT2D eigenvalue weighted by molar-refractivity contribution is -0.137. The van der Waals surface area contributed by atoms with Crippen LogP contribution in [-0.4, -0.2) is 29.2 Å². The molecule has 0 aliphatic carbocycles. The Morgan fingerprint density at radius 3 is 2.70 bits per heavy atom. The van der Waals surface area contributed by atoms with Crippen molar-refractivity contribution in [2.45, 2.75) is 64.2 Å². The van der Waals surface area contributed by atoms with E-state index in [4.69, 9.17) is 9.84 Å². The molecule has 126 valence electrons. The molecule has 23 heavy (non-hydrogen) atoms. The molecule has 1 aromatic carbocycles. The molecule has 0 saturated carbocycles. The van der Waals surface area contributed by atoms with Crippen LogP contribution in [0.4, 0.5) is 0 Å². The number of carboxylic acid groups (broad SMARTS) is 1. The fourth-order valence-electron chi connectivity index (χ4n) is 3.05. The third-order valence-electron chi connectivity index (χ3n) is 4.29. The molecule has 0 spiro atoms. The minimum absolute atomic E-state index is 0.118. The first-order chi connectivity index (χ1) is 11.0. The summed E-state index contributed by atoms with van der Waals surface area (Å²) in [5.74, 6) is -1.05. The van der Waals surface area contributed by atoms with Gasteiger partial charge in [0.25, 0.3) is 0 Å². The van der Waals surface area contributed by atoms with E-state index in [-0.39, 0.29) is 24.5 Å². The van der Waals surface area contributed by atoms with Gasteiger partial charge in [0.2, 0.25) is 5.91 Å². The number of hydrogen-bond donors (Lipinski definition) is 2. The summed E-state index contributed by atoms with van der Waals surface area (Å²) in [5, 5.41) is 12.0. The summed E-state index contributed by atoms with van der Waals surface area (Å²) in [5.41, 5.74) is 1.83. The molecule has 0 bridgehead atoms. The summed E-state index contributed by atoms with van der Waals surface area (Å²) >= 11 is 0. The summed E-state index contributed by atoms with van der Waals surface area (Å²) in [6, 6.07) is 7.05. The highest BCUT2D eigenvalue weighted by atomic mass is 16.5. The SMILES string of the molecule is Cc1ccccc1[C@H](CC(=O)O)NC(=O)CC[C@H]1CC[C@@H](C)O1. The van der Waals surface area contributed by atoms with Gasteiger partial charge >= 0.3 is 5.97 Å². The van der Waals surface area contributed by atoms with Crippen LogP contribution in [0.1, 0.15) is 56.2 Å². The van der Waals surface area contributed by atoms with Crippen molar-refractivity contribution < 1.29 is 19.4 Å². The highest BCUT2D eigenvalue weighted by Gasteiger charge is 2.24. The van der Waals surface area contributed by atoms with Crippen molar-refractivity contribution in [2.75, 3.05) is 0 Å². The van der Waals surface area contributed by atoms with E-state index in [0.29, 0.717) is 12.8 Å². The Hall–Kier alpha value is -1.88. The largest absolute Gasteiger partial charge is 0.481 e. The average molecular weight is 319 g/mol. The van der Waals surface area contributed by atoms with Crippen molar-refractivity contribution in [3.63, 3.8) is 0 Å². The molecule has 1 amide bonds. The summed E-state index contributed by atoms with van der Waals surface area (Å²) in [6.45, 7) is 3.96. The normalized spacial score (nSPS) is 21.8. The second kappa shape index (κ2) is 8.11. The van der Waals surface area contributed by atoms with E-state index >= 15 is 0 Å². The lowest BCUT2D eigenvalue weighted by Crippen LogP contribution is -2.31. The predicted octanol–water partition coefficient (Wildman–Crippen LogP) is 2.97. The van der Waals surface area contributed by atoms with Gasteiger partial charge in [-0.3, -0.25) is 9.59 Å². The van der Waals surface area contributed by atoms with Crippen molar-refractivity contribution >= 4 is 11.9 Å². The van der Waals surface area contributed by atoms with Gasteiger partial charge in [-0.05, 0) is 44.2 Å². The predicted molar refractivity (Wildman–Crippen MR) is 87.1 cm³/mol. The van der Waals surface area contributed by atoms with Crippen molar-refractivity contribution in [2.24, 2.45) is 0 Å². The van der Waals surface area contributed by atoms with Gasteiger partial charge in [-0.25, -0.2) is 0 Å². The Balaban J connectivity index is 1.93. The molecule has 5 heteroatoms. The van der Waals surface area contributed by atoms with Crippen molar-refractivity contribution in [3.05, 3.63) is 35.4 Å². The van der Waals surface area contributed by atoms with Crippen molar-refractivity contribution in [1.82, 2.24) is 5.32 Å². The van der Waals surface area contributed by atoms with Crippen LogP contribution in [0.15, 0.2) is 24.3 Å². The molecule has 5 nitrogen and oxygen atoms in total. The van der Waals surface area contributed by atoms with Gasteiger partial charge in [-0.1, -0.05) is 24.3 Å². The third-order valence-corrected chi connectivity index (χ3v) is 4.29. The lowest BCUT2D eigenvalue weighted by Gasteiger charge is -2.20. The molecule has 1 fully saturated rings. The van der Waals surface area contributed by atoms with E-state index in [1.807, 2.05) is 38.1 Å². The zero-order chi connectivity index (χ0) is 16.8. The molecule has 1 aliphatic heterocycles. The van der Waals surface area contributed by atoms with Gasteiger partial charge in [0.05, 0.1) is 24.7 Å². The quantitative estimate of drug-likeness (QED) is 0.810. The maximum Gasteiger partial charge on any atom is 0.305 e. The molecule has 1 saturated heterocycles. The molecule has 2 N–H and O–H groups in total. The fourth-order valence-corrected chi connectivity index (χ4v) is 3.05. The summed E-state index contributed by atoms with van der Waals surface area (Å²) in [7, 11) is 0. The van der Waals surface area contributed by atoms with Crippen LogP contribution in [-0.2, 0) is 14.3 Å². The summed E-state index contributed by atoms with van der Waals surface area (Å²) in [4.78, 5) is 23.3. The molecule has 1 aliphatic rings. The van der Waals surface area contributed by atoms with Gasteiger partial charge < -0.3 is 15.2 Å². The van der Waals surface area contributed by atoms with Gasteiger partial charge in [0, 0.05) is 6.42 Å². The maximum atomic E-state index is 12.2. The third kappa shape index (κ3) is 5.36. The van der Waals surface area contributed by atoms with Crippen LogP contribution < -0.4 is 5.32 Å². The Bertz CT molecular complexity index is 558. The second-order valence-electron chi connectivity index (χ2n) is 6.26. The van der Waals surface area contributed by atoms with Crippen LogP contribution in [0.3, 0.4) is 0 Å². The number of amides is 1. The van der Waals surface area contributed by atoms with Gasteiger partial charge in [0.15, 0.2) is 0 Å². The number of hydrogen-bond acceptors (Lipinski definition) is 3. The minimum atomic E-state index is -0.925. The van der Waals surface area contributed by atoms with E-state index in [9.17, 15) is 9.59 Å². The first kappa shape index (κ1) is 17.5. The highest BCUT2D eigenvalue weighted by Crippen LogP contribution is 2.24. The van der Waals surface area contributed by atoms with Gasteiger partial charge in [-0.15, -0.1) is 0 Å². The molecular weight excluding hydrogens is 294 g/mol. The van der Waals surface area contributed by atoms with Gasteiger partial charge in [-0.2, -0.15) is 0 Å². The van der Waals surface area contributed by atoms with Gasteiger partial charge in [0.1, 0.15) is 0 Å². The number of carbonyl (C=O) groups excluding carboxylic acids is 1. The van der Waals surface area contributed by atoms with E-state index in [0.717, 1.165) is 24.0 Å². The number of carboxylic acids is 1. The number of carbonyl (C=O) groups is 2. The molecule has 0 unspecified atom stereocenters. The maximum absolute atomic E-state index is 12.2. The number of benzene rings is 1. The fraction of sp³-hybridized carbons (Fsp3) is 0.556. The number of nitrogens with one attached hydrogen (secondary N) is 1. The number of ether oxygens (including phenoxy) is 1. The number of aliphatic carboxylic acids is 1. The molecule has 2 rings (SSSR count). The zero-order valence-electron chi connectivity index (χ0n) is 13.7. The van der Waals surface area contributed by atoms with Crippen LogP contribution in [0.5, 0.6) is 0 Å². The first-order valence-electron chi connectivity index (χ1n) is 8.18. The van der Waals surface area contributed by atoms with Crippen molar-refractivity contribution in [3.8, 4) is 0 Å². The van der Waals surface area contributed by atoms with E-state index in [2.05, 4.69) is 5.32 Å². The molecule has 1 aromatic rings. The van der Waals surface area contributed by atoms with Crippen LogP contribution >= 0.6 is 0 Å². The van der Waals surface area contributed by atoms with Crippen LogP contribution in [0.2, 0.25) is 0 Å². The molecular formula is C18H25NO4. The Kier molecular flexibility index (Phi) is 6.16. The van der Waals surface area contributed by atoms with E-state index in [1.54, 1.807) is 0 Å². The van der Waals surface area contributed by atoms with Crippen LogP contribution in [0.25, 0.3) is 0 Å². The number of aryl methyl sites for hydroxylation is 1. The van der Waals surface area contributed by atoms with Crippen molar-refractivity contribution in [1.29, 1.82) is 0 Å². The molecule has 0 aromatic heterocycles. The molecule has 3 atom stereocenters. The Morgan fingerprint density at radius 2 is 2.09 bits per heavy atom. The topological polar surface area (TPSA) is 75.6 Å². The number of rotatable bonds is 7. The second-order valence-corrected chi connectivity index (χ2v) is 6.26. The lowest BCUT2D eigenvalue weighted by atomic mass is 9.98. The highest BCUT2D eigenvalue weighted by molar-refractivity contribution is 5.77. The molecule has 1 heterocycles. The van der Waals surface area contributed by atoms with E-state index < -0.39 is 12.0 Å². The Morgan fingerprint density at radius 1 is 1.35 bits per heavy atom. The average Bonchev–Trinajstić information content (AvgIpc) is 2.90. The monoisotopic (exact) mass is 319 g/mol. The minimum Gasteiger partial charge on any atom is -0.481 e.